The third-order valence-corrected chi connectivity index (χ3v) is 4.72. The number of nitrogen functional groups attached to an aromatic ring is 1. The Morgan fingerprint density at radius 3 is 1.94 bits per heavy atom. The number of hydrazine groups is 1. The molecule has 1 aromatic rings. The number of carboxylic acids is 2. The number of carbonyl (C=O) groups excluding carboxylic acids is 3. The van der Waals surface area contributed by atoms with E-state index in [0.717, 1.165) is 0 Å². The van der Waals surface area contributed by atoms with E-state index in [4.69, 9.17) is 16.1 Å². The van der Waals surface area contributed by atoms with Crippen molar-refractivity contribution in [1.29, 1.82) is 0 Å². The zero-order chi connectivity index (χ0) is 25.7. The van der Waals surface area contributed by atoms with E-state index in [1.54, 1.807) is 4.90 Å². The highest BCUT2D eigenvalue weighted by Gasteiger charge is 2.22. The first-order chi connectivity index (χ1) is 16.1. The molecule has 0 bridgehead atoms. The summed E-state index contributed by atoms with van der Waals surface area (Å²) in [6, 6.07) is 0. The number of nitrogens with zero attached hydrogens (tertiary/aromatic N) is 5. The van der Waals surface area contributed by atoms with Gasteiger partial charge in [0.05, 0.1) is 26.2 Å². The van der Waals surface area contributed by atoms with Crippen LogP contribution >= 0.6 is 0 Å². The van der Waals surface area contributed by atoms with Crippen molar-refractivity contribution in [3.05, 3.63) is 11.4 Å². The molecule has 1 heterocycles. The van der Waals surface area contributed by atoms with Crippen LogP contribution in [-0.4, -0.2) is 136 Å². The average molecular weight is 486 g/mol. The van der Waals surface area contributed by atoms with Gasteiger partial charge in [0.25, 0.3) is 11.8 Å². The molecule has 0 fully saturated rings. The van der Waals surface area contributed by atoms with Crippen LogP contribution in [0.2, 0.25) is 0 Å². The first-order valence-electron chi connectivity index (χ1n) is 10.4. The Labute approximate surface area is 195 Å². The molecule has 0 unspecified atom stereocenters. The van der Waals surface area contributed by atoms with Crippen molar-refractivity contribution in [2.45, 2.75) is 6.92 Å². The molecule has 190 valence electrons. The highest BCUT2D eigenvalue weighted by molar-refractivity contribution is 6.05. The van der Waals surface area contributed by atoms with E-state index in [9.17, 15) is 24.0 Å². The van der Waals surface area contributed by atoms with Gasteiger partial charge in [0, 0.05) is 26.2 Å². The molecule has 0 atom stereocenters. The lowest BCUT2D eigenvalue weighted by Crippen LogP contribution is -2.43. The molecule has 1 aromatic heterocycles. The van der Waals surface area contributed by atoms with Crippen LogP contribution in [0.1, 0.15) is 27.9 Å². The maximum Gasteiger partial charge on any atom is 0.317 e. The summed E-state index contributed by atoms with van der Waals surface area (Å²) in [7, 11) is 1.81. The number of hydrogen-bond donors (Lipinski definition) is 6. The van der Waals surface area contributed by atoms with Crippen LogP contribution in [0.4, 0.5) is 0 Å². The fourth-order valence-corrected chi connectivity index (χ4v) is 2.87. The molecule has 1 rings (SSSR count). The van der Waals surface area contributed by atoms with E-state index in [1.165, 1.54) is 4.90 Å². The largest absolute Gasteiger partial charge is 0.480 e. The number of nitrogens with one attached hydrogen (secondary N) is 3. The standard InChI is InChI=1S/C18H31N9O7/c1-3-26(10-13(29)30)6-4-25(2)5-7-27(11-14(31)32)9-12(28)8-20-17(33)15-16(18(34)21-19)23-24-22-15/h3-11,19H2,1-2H3,(H,20,33)(H,21,34)(H,29,30)(H,31,32)(H,22,23,24). The second kappa shape index (κ2) is 14.6. The van der Waals surface area contributed by atoms with E-state index < -0.39 is 36.1 Å². The number of H-pyrrole nitrogens is 1. The van der Waals surface area contributed by atoms with Gasteiger partial charge >= 0.3 is 11.9 Å². The van der Waals surface area contributed by atoms with Gasteiger partial charge in [-0.15, -0.1) is 10.2 Å². The van der Waals surface area contributed by atoms with Gasteiger partial charge in [0.15, 0.2) is 17.2 Å². The van der Waals surface area contributed by atoms with E-state index >= 15 is 0 Å². The molecule has 7 N–H and O–H groups in total. The lowest BCUT2D eigenvalue weighted by Gasteiger charge is -2.26. The number of nitrogens with two attached hydrogens (primary N) is 1. The van der Waals surface area contributed by atoms with Gasteiger partial charge in [-0.25, -0.2) is 5.84 Å². The fourth-order valence-electron chi connectivity index (χ4n) is 2.87. The van der Waals surface area contributed by atoms with Crippen molar-refractivity contribution in [2.75, 3.05) is 66.0 Å². The van der Waals surface area contributed by atoms with E-state index in [-0.39, 0.29) is 37.6 Å². The van der Waals surface area contributed by atoms with Crippen molar-refractivity contribution in [1.82, 2.24) is 40.9 Å². The van der Waals surface area contributed by atoms with Crippen molar-refractivity contribution in [2.24, 2.45) is 5.84 Å². The predicted molar refractivity (Wildman–Crippen MR) is 117 cm³/mol. The summed E-state index contributed by atoms with van der Waals surface area (Å²) in [5.74, 6) is 0.862. The van der Waals surface area contributed by atoms with Gasteiger partial charge in [0.2, 0.25) is 0 Å². The summed E-state index contributed by atoms with van der Waals surface area (Å²) in [5.41, 5.74) is 1.13. The maximum atomic E-state index is 12.3. The summed E-state index contributed by atoms with van der Waals surface area (Å²) in [4.78, 5) is 63.2. The average Bonchev–Trinajstić information content (AvgIpc) is 3.27. The Morgan fingerprint density at radius 2 is 1.41 bits per heavy atom. The highest BCUT2D eigenvalue weighted by atomic mass is 16.4. The number of aromatic amines is 1. The van der Waals surface area contributed by atoms with Crippen LogP contribution in [0.5, 0.6) is 0 Å². The smallest absolute Gasteiger partial charge is 0.317 e. The van der Waals surface area contributed by atoms with Crippen molar-refractivity contribution >= 4 is 29.5 Å². The molecule has 0 spiro atoms. The van der Waals surface area contributed by atoms with Crippen LogP contribution in [0.15, 0.2) is 0 Å². The second-order valence-electron chi connectivity index (χ2n) is 7.39. The number of Topliss-reactive ketones (excluding diaryl/α,β-unsaturated/α-hetero) is 1. The third kappa shape index (κ3) is 10.4. The number of aromatic nitrogens is 3. The molecule has 0 aliphatic carbocycles. The number of aliphatic carboxylic acids is 2. The van der Waals surface area contributed by atoms with Crippen molar-refractivity contribution in [3.8, 4) is 0 Å². The van der Waals surface area contributed by atoms with Gasteiger partial charge in [-0.2, -0.15) is 5.21 Å². The number of likely N-dealkylation sites (N-methyl/N-ethyl adjacent to an activating group) is 2. The normalized spacial score (nSPS) is 11.1. The minimum Gasteiger partial charge on any atom is -0.480 e. The monoisotopic (exact) mass is 485 g/mol. The SMILES string of the molecule is CCN(CCN(C)CCN(CC(=O)O)CC(=O)CNC(=O)c1n[nH]nc1C(=O)NN)CC(=O)O. The first kappa shape index (κ1) is 28.6. The molecule has 0 saturated heterocycles. The van der Waals surface area contributed by atoms with Gasteiger partial charge in [-0.05, 0) is 13.6 Å². The minimum atomic E-state index is -1.11. The first-order valence-corrected chi connectivity index (χ1v) is 10.4. The Kier molecular flexibility index (Phi) is 12.3. The molecular formula is C18H31N9O7. The second-order valence-corrected chi connectivity index (χ2v) is 7.39. The van der Waals surface area contributed by atoms with Crippen molar-refractivity contribution in [3.63, 3.8) is 0 Å². The number of carbonyl (C=O) groups is 5. The molecule has 16 heteroatoms. The molecule has 16 nitrogen and oxygen atoms in total. The Balaban J connectivity index is 2.54. The number of hydrogen-bond acceptors (Lipinski definition) is 11. The summed E-state index contributed by atoms with van der Waals surface area (Å²) < 4.78 is 0. The van der Waals surface area contributed by atoms with Crippen LogP contribution < -0.4 is 16.6 Å². The predicted octanol–water partition coefficient (Wildman–Crippen LogP) is -3.57. The van der Waals surface area contributed by atoms with Crippen LogP contribution in [0.3, 0.4) is 0 Å². The third-order valence-electron chi connectivity index (χ3n) is 4.72. The molecule has 0 radical (unpaired) electrons. The van der Waals surface area contributed by atoms with Gasteiger partial charge in [-0.1, -0.05) is 6.92 Å². The molecule has 0 aromatic carbocycles. The lowest BCUT2D eigenvalue weighted by molar-refractivity contribution is -0.139. The summed E-state index contributed by atoms with van der Waals surface area (Å²) in [5, 5.41) is 29.5. The Hall–Kier alpha value is -3.47. The number of rotatable bonds is 17. The number of amides is 2. The van der Waals surface area contributed by atoms with Gasteiger partial charge < -0.3 is 20.4 Å². The summed E-state index contributed by atoms with van der Waals surface area (Å²) in [6.45, 7) is 3.14. The zero-order valence-electron chi connectivity index (χ0n) is 19.1. The number of carboxylic acid groups (broad SMARTS) is 2. The van der Waals surface area contributed by atoms with Crippen LogP contribution in [0, 0.1) is 0 Å². The number of ketones is 1. The van der Waals surface area contributed by atoms with Crippen LogP contribution in [-0.2, 0) is 14.4 Å². The fraction of sp³-hybridized carbons (Fsp3) is 0.611. The summed E-state index contributed by atoms with van der Waals surface area (Å²) >= 11 is 0. The topological polar surface area (TPSA) is 227 Å². The molecule has 2 amide bonds. The lowest BCUT2D eigenvalue weighted by atomic mass is 10.2. The minimum absolute atomic E-state index is 0.0670. The van der Waals surface area contributed by atoms with Crippen molar-refractivity contribution < 1.29 is 34.2 Å². The highest BCUT2D eigenvalue weighted by Crippen LogP contribution is 2.00. The Morgan fingerprint density at radius 1 is 0.882 bits per heavy atom. The molecule has 0 saturated carbocycles. The molecule has 0 aliphatic rings. The zero-order valence-corrected chi connectivity index (χ0v) is 19.1. The van der Waals surface area contributed by atoms with Gasteiger partial charge in [-0.3, -0.25) is 39.2 Å². The molecular weight excluding hydrogens is 454 g/mol. The van der Waals surface area contributed by atoms with E-state index in [1.807, 2.05) is 24.3 Å². The van der Waals surface area contributed by atoms with E-state index in [0.29, 0.717) is 26.2 Å². The van der Waals surface area contributed by atoms with Gasteiger partial charge in [0.1, 0.15) is 0 Å². The van der Waals surface area contributed by atoms with E-state index in [2.05, 4.69) is 20.7 Å². The maximum absolute atomic E-state index is 12.3. The molecule has 0 aliphatic heterocycles. The summed E-state index contributed by atoms with van der Waals surface area (Å²) in [6.07, 6.45) is 0. The Bertz CT molecular complexity index is 861. The molecule has 34 heavy (non-hydrogen) atoms. The van der Waals surface area contributed by atoms with Crippen LogP contribution in [0.25, 0.3) is 0 Å². The quantitative estimate of drug-likeness (QED) is 0.0713.